The first-order valence-corrected chi connectivity index (χ1v) is 12.3. The van der Waals surface area contributed by atoms with Gasteiger partial charge in [-0.25, -0.2) is 4.89 Å². The first-order valence-electron chi connectivity index (χ1n) is 10.5. The molecule has 4 unspecified atom stereocenters. The molecule has 1 spiro atoms. The average molecular weight is 501 g/mol. The zero-order valence-electron chi connectivity index (χ0n) is 18.7. The van der Waals surface area contributed by atoms with Gasteiger partial charge in [0.1, 0.15) is 13.6 Å². The van der Waals surface area contributed by atoms with Gasteiger partial charge in [-0.3, -0.25) is 0 Å². The van der Waals surface area contributed by atoms with E-state index in [4.69, 9.17) is 26.1 Å². The van der Waals surface area contributed by atoms with Crippen LogP contribution in [-0.4, -0.2) is 12.7 Å². The largest absolute Gasteiger partial charge is 1.00 e. The number of fused-ring (bicyclic) bond motifs is 1. The second-order valence-corrected chi connectivity index (χ2v) is 10.2. The fourth-order valence-corrected chi connectivity index (χ4v) is 6.83. The van der Waals surface area contributed by atoms with Crippen molar-refractivity contribution < 1.29 is 92.5 Å². The van der Waals surface area contributed by atoms with Crippen molar-refractivity contribution in [2.24, 2.45) is 11.8 Å². The Balaban J connectivity index is 0.00000144. The molecule has 2 bridgehead atoms. The van der Waals surface area contributed by atoms with Gasteiger partial charge in [0.2, 0.25) is 0 Å². The summed E-state index contributed by atoms with van der Waals surface area (Å²) in [6.45, 7) is 0. The van der Waals surface area contributed by atoms with Gasteiger partial charge >= 0.3 is 59.1 Å². The van der Waals surface area contributed by atoms with Crippen LogP contribution in [0.1, 0.15) is 56.9 Å². The van der Waals surface area contributed by atoms with Crippen LogP contribution in [0.15, 0.2) is 29.3 Å². The van der Waals surface area contributed by atoms with Crippen molar-refractivity contribution in [2.45, 2.75) is 62.8 Å². The fourth-order valence-electron chi connectivity index (χ4n) is 6.23. The van der Waals surface area contributed by atoms with Crippen LogP contribution in [0.5, 0.6) is 5.75 Å². The third kappa shape index (κ3) is 4.28. The van der Waals surface area contributed by atoms with E-state index < -0.39 is 19.2 Å². The van der Waals surface area contributed by atoms with Crippen LogP contribution in [0.4, 0.5) is 0 Å². The van der Waals surface area contributed by atoms with Crippen molar-refractivity contribution in [1.29, 1.82) is 0 Å². The minimum Gasteiger partial charge on any atom is -0.780 e. The van der Waals surface area contributed by atoms with Gasteiger partial charge in [-0.05, 0) is 57.1 Å². The van der Waals surface area contributed by atoms with Crippen LogP contribution in [0.3, 0.4) is 0 Å². The van der Waals surface area contributed by atoms with Crippen molar-refractivity contribution in [3.63, 3.8) is 0 Å². The molecule has 0 aromatic heterocycles. The molecule has 0 N–H and O–H groups in total. The van der Waals surface area contributed by atoms with Gasteiger partial charge in [-0.2, -0.15) is 4.89 Å². The molecular formula is C21H24ClNa2O7P. The Morgan fingerprint density at radius 2 is 1.88 bits per heavy atom. The Morgan fingerprint density at radius 1 is 1.12 bits per heavy atom. The summed E-state index contributed by atoms with van der Waals surface area (Å²) in [5, 5.41) is 0.0207. The number of methoxy groups -OCH3 is 1. The summed E-state index contributed by atoms with van der Waals surface area (Å²) in [4.78, 5) is 34.1. The van der Waals surface area contributed by atoms with E-state index in [1.165, 1.54) is 30.5 Å². The first kappa shape index (κ1) is 27.7. The molecule has 0 radical (unpaired) electrons. The predicted molar refractivity (Wildman–Crippen MR) is 104 cm³/mol. The van der Waals surface area contributed by atoms with E-state index in [1.807, 2.05) is 0 Å². The van der Waals surface area contributed by atoms with Crippen LogP contribution >= 0.6 is 19.4 Å². The summed E-state index contributed by atoms with van der Waals surface area (Å²) in [6.07, 6.45) is 8.74. The molecule has 5 rings (SSSR count). The number of halogens is 1. The first-order chi connectivity index (χ1) is 14.3. The maximum atomic E-state index is 11.2. The summed E-state index contributed by atoms with van der Waals surface area (Å²) >= 11 is 6.08. The Labute approximate surface area is 237 Å². The van der Waals surface area contributed by atoms with Crippen molar-refractivity contribution in [2.75, 3.05) is 7.11 Å². The Morgan fingerprint density at radius 3 is 2.53 bits per heavy atom. The van der Waals surface area contributed by atoms with E-state index in [1.54, 1.807) is 18.7 Å². The number of hydrogen-bond donors (Lipinski definition) is 0. The summed E-state index contributed by atoms with van der Waals surface area (Å²) in [5.41, 5.74) is 2.89. The number of ether oxygens (including phenoxy) is 1. The van der Waals surface area contributed by atoms with E-state index in [-0.39, 0.29) is 81.7 Å². The summed E-state index contributed by atoms with van der Waals surface area (Å²) < 4.78 is 21.8. The number of phosphoric acid groups is 1. The van der Waals surface area contributed by atoms with Crippen LogP contribution in [-0.2, 0) is 24.9 Å². The molecule has 1 saturated carbocycles. The van der Waals surface area contributed by atoms with Gasteiger partial charge in [-0.15, -0.1) is 0 Å². The molecule has 1 heterocycles. The fraction of sp³-hybridized carbons (Fsp3) is 0.619. The molecule has 32 heavy (non-hydrogen) atoms. The topological polar surface area (TPSA) is 100 Å². The van der Waals surface area contributed by atoms with E-state index in [9.17, 15) is 14.4 Å². The number of benzene rings is 1. The van der Waals surface area contributed by atoms with Crippen LogP contribution < -0.4 is 73.4 Å². The van der Waals surface area contributed by atoms with Gasteiger partial charge in [0.05, 0.1) is 5.02 Å². The third-order valence-corrected chi connectivity index (χ3v) is 8.06. The zero-order valence-corrected chi connectivity index (χ0v) is 24.4. The molecule has 2 fully saturated rings. The Kier molecular flexibility index (Phi) is 8.83. The van der Waals surface area contributed by atoms with Gasteiger partial charge in [-0.1, -0.05) is 35.2 Å². The SMILES string of the molecule is COC1(c2ccc(Cl)c(OP(=O)([O-])[O-])c2)OOC12C1CCCC2C2=C(CCCC2)C1.[Na+].[Na+]. The summed E-state index contributed by atoms with van der Waals surface area (Å²) in [5.74, 6) is -1.05. The van der Waals surface area contributed by atoms with E-state index in [0.29, 0.717) is 5.56 Å². The second-order valence-electron chi connectivity index (χ2n) is 8.68. The number of allylic oxidation sites excluding steroid dienone is 1. The van der Waals surface area contributed by atoms with Crippen molar-refractivity contribution in [3.8, 4) is 5.75 Å². The van der Waals surface area contributed by atoms with Crippen molar-refractivity contribution in [3.05, 3.63) is 39.9 Å². The summed E-state index contributed by atoms with van der Waals surface area (Å²) in [6, 6.07) is 4.62. The Hall–Kier alpha value is 1.08. The molecular weight excluding hydrogens is 477 g/mol. The molecule has 11 heteroatoms. The normalized spacial score (nSPS) is 33.5. The van der Waals surface area contributed by atoms with Crippen molar-refractivity contribution >= 4 is 19.4 Å². The zero-order chi connectivity index (χ0) is 21.1. The van der Waals surface area contributed by atoms with Crippen LogP contribution in [0, 0.1) is 11.8 Å². The standard InChI is InChI=1S/C21H26ClO7P.2Na/c1-26-21(15-9-10-18(22)19(12-15)27-30(23,24)25)20(28-29-21)14-6-4-8-17(20)16-7-3-2-5-13(16)11-14;;/h9-10,12,14,17H,2-8,11H2,1H3,(H2,23,24,25);;/q;2*+1/p-2. The van der Waals surface area contributed by atoms with Gasteiger partial charge in [0.15, 0.2) is 5.60 Å². The molecule has 1 aromatic rings. The van der Waals surface area contributed by atoms with Crippen LogP contribution in [0.25, 0.3) is 0 Å². The molecule has 7 nitrogen and oxygen atoms in total. The van der Waals surface area contributed by atoms with Gasteiger partial charge in [0, 0.05) is 24.5 Å². The maximum Gasteiger partial charge on any atom is 1.00 e. The predicted octanol–water partition coefficient (Wildman–Crippen LogP) is -2.25. The molecule has 3 aliphatic carbocycles. The summed E-state index contributed by atoms with van der Waals surface area (Å²) in [7, 11) is -3.71. The van der Waals surface area contributed by atoms with Crippen molar-refractivity contribution in [1.82, 2.24) is 0 Å². The average Bonchev–Trinajstić information content (AvgIpc) is 2.69. The molecule has 4 atom stereocenters. The molecule has 0 amide bonds. The maximum absolute atomic E-state index is 11.2. The van der Waals surface area contributed by atoms with E-state index >= 15 is 0 Å². The Bertz CT molecular complexity index is 950. The molecule has 164 valence electrons. The van der Waals surface area contributed by atoms with E-state index in [2.05, 4.69) is 4.52 Å². The monoisotopic (exact) mass is 500 g/mol. The molecule has 1 aliphatic heterocycles. The van der Waals surface area contributed by atoms with Gasteiger partial charge < -0.3 is 23.6 Å². The number of hydrogen-bond acceptors (Lipinski definition) is 7. The number of phosphoric ester groups is 1. The minimum atomic E-state index is -5.27. The van der Waals surface area contributed by atoms with Gasteiger partial charge in [0.25, 0.3) is 5.79 Å². The molecule has 1 aromatic carbocycles. The van der Waals surface area contributed by atoms with E-state index in [0.717, 1.165) is 38.5 Å². The minimum absolute atomic E-state index is 0. The quantitative estimate of drug-likeness (QED) is 0.199. The smallest absolute Gasteiger partial charge is 0.780 e. The number of rotatable bonds is 4. The third-order valence-electron chi connectivity index (χ3n) is 7.33. The second kappa shape index (κ2) is 10.2. The molecule has 1 saturated heterocycles. The van der Waals surface area contributed by atoms with Crippen LogP contribution in [0.2, 0.25) is 5.02 Å². The molecule has 4 aliphatic rings.